The topological polar surface area (TPSA) is 58.6 Å². The predicted molar refractivity (Wildman–Crippen MR) is 75.0 cm³/mol. The van der Waals surface area contributed by atoms with Gasteiger partial charge in [-0.1, -0.05) is 37.3 Å². The van der Waals surface area contributed by atoms with Crippen molar-refractivity contribution in [3.63, 3.8) is 0 Å². The maximum atomic E-state index is 11.8. The summed E-state index contributed by atoms with van der Waals surface area (Å²) in [6, 6.07) is 9.83. The minimum absolute atomic E-state index is 0.0129. The summed E-state index contributed by atoms with van der Waals surface area (Å²) in [6.07, 6.45) is 0.994. The zero-order valence-electron chi connectivity index (χ0n) is 11.7. The normalized spacial score (nSPS) is 17.4. The number of hydrogen-bond donors (Lipinski definition) is 1. The molecule has 0 aromatic heterocycles. The van der Waals surface area contributed by atoms with Gasteiger partial charge in [0.2, 0.25) is 0 Å². The Morgan fingerprint density at radius 3 is 2.45 bits per heavy atom. The number of carbonyl (C=O) groups excluding carboxylic acids is 2. The molecule has 0 bridgehead atoms. The summed E-state index contributed by atoms with van der Waals surface area (Å²) < 4.78 is 4.93. The molecule has 0 radical (unpaired) electrons. The Morgan fingerprint density at radius 2 is 1.85 bits per heavy atom. The first kappa shape index (κ1) is 14.7. The predicted octanol–water partition coefficient (Wildman–Crippen LogP) is 1.11. The van der Waals surface area contributed by atoms with Crippen molar-refractivity contribution in [3.8, 4) is 0 Å². The molecule has 1 unspecified atom stereocenters. The van der Waals surface area contributed by atoms with Crippen LogP contribution >= 0.6 is 0 Å². The van der Waals surface area contributed by atoms with Gasteiger partial charge in [-0.15, -0.1) is 0 Å². The average molecular weight is 276 g/mol. The van der Waals surface area contributed by atoms with Gasteiger partial charge in [0.25, 0.3) is 11.8 Å². The van der Waals surface area contributed by atoms with Crippen LogP contribution in [0.1, 0.15) is 24.9 Å². The third kappa shape index (κ3) is 3.65. The summed E-state index contributed by atoms with van der Waals surface area (Å²) in [5.41, 5.74) is 1.08. The summed E-state index contributed by atoms with van der Waals surface area (Å²) in [5, 5.41) is 3.39. The number of amides is 2. The molecule has 1 fully saturated rings. The van der Waals surface area contributed by atoms with Gasteiger partial charge in [0.05, 0.1) is 6.04 Å². The number of hydrogen-bond acceptors (Lipinski definition) is 4. The SMILES string of the molecule is CCCNC(CN1C(=O)COCC1=O)c1ccccc1. The van der Waals surface area contributed by atoms with Gasteiger partial charge in [-0.3, -0.25) is 14.5 Å². The quantitative estimate of drug-likeness (QED) is 0.791. The number of rotatable bonds is 6. The highest BCUT2D eigenvalue weighted by Gasteiger charge is 2.29. The van der Waals surface area contributed by atoms with Crippen molar-refractivity contribution in [2.75, 3.05) is 26.3 Å². The Balaban J connectivity index is 2.10. The Morgan fingerprint density at radius 1 is 1.20 bits per heavy atom. The standard InChI is InChI=1S/C15H20N2O3/c1-2-8-16-13(12-6-4-3-5-7-12)9-17-14(18)10-20-11-15(17)19/h3-7,13,16H,2,8-11H2,1H3. The van der Waals surface area contributed by atoms with Gasteiger partial charge in [-0.25, -0.2) is 0 Å². The summed E-state index contributed by atoms with van der Waals surface area (Å²) >= 11 is 0. The Labute approximate surface area is 118 Å². The van der Waals surface area contributed by atoms with Crippen LogP contribution in [0, 0.1) is 0 Å². The highest BCUT2D eigenvalue weighted by Crippen LogP contribution is 2.16. The number of imide groups is 1. The second kappa shape index (κ2) is 7.17. The second-order valence-electron chi connectivity index (χ2n) is 4.81. The van der Waals surface area contributed by atoms with E-state index in [0.717, 1.165) is 18.5 Å². The van der Waals surface area contributed by atoms with Crippen LogP contribution < -0.4 is 5.32 Å². The molecule has 0 aliphatic carbocycles. The van der Waals surface area contributed by atoms with Crippen LogP contribution in [0.3, 0.4) is 0 Å². The van der Waals surface area contributed by atoms with Crippen molar-refractivity contribution >= 4 is 11.8 Å². The molecule has 1 aromatic carbocycles. The third-order valence-corrected chi connectivity index (χ3v) is 3.26. The molecule has 0 saturated carbocycles. The molecule has 1 aliphatic rings. The van der Waals surface area contributed by atoms with E-state index in [4.69, 9.17) is 4.74 Å². The Hall–Kier alpha value is -1.72. The van der Waals surface area contributed by atoms with Crippen molar-refractivity contribution < 1.29 is 14.3 Å². The molecule has 1 aromatic rings. The van der Waals surface area contributed by atoms with E-state index in [1.807, 2.05) is 30.3 Å². The molecule has 1 aliphatic heterocycles. The van der Waals surface area contributed by atoms with E-state index in [-0.39, 0.29) is 31.1 Å². The molecule has 108 valence electrons. The minimum atomic E-state index is -0.263. The monoisotopic (exact) mass is 276 g/mol. The molecule has 5 nitrogen and oxygen atoms in total. The van der Waals surface area contributed by atoms with Gasteiger partial charge in [0, 0.05) is 6.54 Å². The Bertz CT molecular complexity index is 445. The van der Waals surface area contributed by atoms with Crippen LogP contribution in [0.4, 0.5) is 0 Å². The van der Waals surface area contributed by atoms with Crippen molar-refractivity contribution in [2.24, 2.45) is 0 Å². The van der Waals surface area contributed by atoms with Crippen LogP contribution in [0.5, 0.6) is 0 Å². The van der Waals surface area contributed by atoms with Crippen LogP contribution in [0.2, 0.25) is 0 Å². The van der Waals surface area contributed by atoms with Crippen LogP contribution in [0.25, 0.3) is 0 Å². The largest absolute Gasteiger partial charge is 0.362 e. The molecule has 0 spiro atoms. The number of ether oxygens (including phenoxy) is 1. The second-order valence-corrected chi connectivity index (χ2v) is 4.81. The van der Waals surface area contributed by atoms with Gasteiger partial charge in [-0.05, 0) is 18.5 Å². The molecular formula is C15H20N2O3. The number of morpholine rings is 1. The molecule has 1 heterocycles. The fraction of sp³-hybridized carbons (Fsp3) is 0.467. The van der Waals surface area contributed by atoms with Crippen molar-refractivity contribution in [2.45, 2.75) is 19.4 Å². The minimum Gasteiger partial charge on any atom is -0.362 e. The zero-order valence-corrected chi connectivity index (χ0v) is 11.7. The maximum Gasteiger partial charge on any atom is 0.255 e. The first-order valence-corrected chi connectivity index (χ1v) is 6.91. The number of nitrogens with one attached hydrogen (secondary N) is 1. The van der Waals surface area contributed by atoms with Gasteiger partial charge in [-0.2, -0.15) is 0 Å². The van der Waals surface area contributed by atoms with Crippen molar-refractivity contribution in [1.29, 1.82) is 0 Å². The highest BCUT2D eigenvalue weighted by molar-refractivity contribution is 5.98. The molecule has 1 atom stereocenters. The molecule has 20 heavy (non-hydrogen) atoms. The molecule has 5 heteroatoms. The van der Waals surface area contributed by atoms with E-state index in [1.54, 1.807) is 0 Å². The maximum absolute atomic E-state index is 11.8. The number of carbonyl (C=O) groups is 2. The first-order chi connectivity index (χ1) is 9.72. The van der Waals surface area contributed by atoms with E-state index in [1.165, 1.54) is 4.90 Å². The summed E-state index contributed by atoms with van der Waals surface area (Å²) in [6.45, 7) is 3.25. The van der Waals surface area contributed by atoms with Gasteiger partial charge < -0.3 is 10.1 Å². The zero-order chi connectivity index (χ0) is 14.4. The highest BCUT2D eigenvalue weighted by atomic mass is 16.5. The van der Waals surface area contributed by atoms with E-state index < -0.39 is 0 Å². The van der Waals surface area contributed by atoms with E-state index in [2.05, 4.69) is 12.2 Å². The first-order valence-electron chi connectivity index (χ1n) is 6.91. The third-order valence-electron chi connectivity index (χ3n) is 3.26. The Kier molecular flexibility index (Phi) is 5.26. The van der Waals surface area contributed by atoms with E-state index in [9.17, 15) is 9.59 Å². The van der Waals surface area contributed by atoms with Crippen molar-refractivity contribution in [1.82, 2.24) is 10.2 Å². The van der Waals surface area contributed by atoms with E-state index >= 15 is 0 Å². The summed E-state index contributed by atoms with van der Waals surface area (Å²) in [4.78, 5) is 24.9. The lowest BCUT2D eigenvalue weighted by atomic mass is 10.1. The number of benzene rings is 1. The molecular weight excluding hydrogens is 256 g/mol. The average Bonchev–Trinajstić information content (AvgIpc) is 2.47. The van der Waals surface area contributed by atoms with Gasteiger partial charge in [0.1, 0.15) is 13.2 Å². The lowest BCUT2D eigenvalue weighted by Gasteiger charge is -2.29. The van der Waals surface area contributed by atoms with Crippen LogP contribution in [-0.4, -0.2) is 43.0 Å². The van der Waals surface area contributed by atoms with Gasteiger partial charge >= 0.3 is 0 Å². The summed E-state index contributed by atoms with van der Waals surface area (Å²) in [7, 11) is 0. The molecule has 2 amide bonds. The smallest absolute Gasteiger partial charge is 0.255 e. The molecule has 1 saturated heterocycles. The van der Waals surface area contributed by atoms with Crippen LogP contribution in [-0.2, 0) is 14.3 Å². The lowest BCUT2D eigenvalue weighted by Crippen LogP contribution is -2.49. The fourth-order valence-corrected chi connectivity index (χ4v) is 2.20. The number of nitrogens with zero attached hydrogens (tertiary/aromatic N) is 1. The van der Waals surface area contributed by atoms with Crippen LogP contribution in [0.15, 0.2) is 30.3 Å². The van der Waals surface area contributed by atoms with Crippen molar-refractivity contribution in [3.05, 3.63) is 35.9 Å². The molecule has 2 rings (SSSR count). The molecule has 1 N–H and O–H groups in total. The van der Waals surface area contributed by atoms with Gasteiger partial charge in [0.15, 0.2) is 0 Å². The summed E-state index contributed by atoms with van der Waals surface area (Å²) in [5.74, 6) is -0.527. The fourth-order valence-electron chi connectivity index (χ4n) is 2.20. The lowest BCUT2D eigenvalue weighted by molar-refractivity contribution is -0.158. The van der Waals surface area contributed by atoms with E-state index in [0.29, 0.717) is 6.54 Å².